The summed E-state index contributed by atoms with van der Waals surface area (Å²) in [6, 6.07) is 6.18. The maximum absolute atomic E-state index is 6.19. The van der Waals surface area contributed by atoms with Crippen LogP contribution in [0.1, 0.15) is 16.8 Å². The molecule has 0 spiro atoms. The fourth-order valence-corrected chi connectivity index (χ4v) is 2.31. The molecule has 0 bridgehead atoms. The predicted octanol–water partition coefficient (Wildman–Crippen LogP) is 4.06. The Hall–Kier alpha value is -1.000. The molecule has 0 amide bonds. The van der Waals surface area contributed by atoms with Crippen molar-refractivity contribution < 1.29 is 0 Å². The van der Waals surface area contributed by atoms with Crippen molar-refractivity contribution in [1.29, 1.82) is 0 Å². The van der Waals surface area contributed by atoms with E-state index in [1.807, 2.05) is 26.1 Å². The normalized spacial score (nSPS) is 10.7. The highest BCUT2D eigenvalue weighted by atomic mass is 79.9. The van der Waals surface area contributed by atoms with Crippen molar-refractivity contribution in [3.05, 3.63) is 44.6 Å². The molecule has 0 aliphatic carbocycles. The quantitative estimate of drug-likeness (QED) is 0.920. The van der Waals surface area contributed by atoms with Crippen molar-refractivity contribution in [2.24, 2.45) is 7.05 Å². The van der Waals surface area contributed by atoms with E-state index in [1.54, 1.807) is 4.68 Å². The minimum Gasteiger partial charge on any atom is -0.381 e. The first-order chi connectivity index (χ1) is 8.49. The number of halogens is 2. The minimum atomic E-state index is 0.680. The molecule has 5 heteroatoms. The van der Waals surface area contributed by atoms with Crippen molar-refractivity contribution in [2.75, 3.05) is 5.32 Å². The number of nitrogens with one attached hydrogen (secondary N) is 1. The Labute approximate surface area is 120 Å². The van der Waals surface area contributed by atoms with Crippen molar-refractivity contribution in [2.45, 2.75) is 20.4 Å². The Kier molecular flexibility index (Phi) is 3.97. The zero-order valence-corrected chi connectivity index (χ0v) is 12.9. The molecule has 0 atom stereocenters. The maximum atomic E-state index is 6.19. The van der Waals surface area contributed by atoms with Gasteiger partial charge in [0.2, 0.25) is 0 Å². The number of benzene rings is 1. The molecule has 1 aromatic heterocycles. The summed E-state index contributed by atoms with van der Waals surface area (Å²) in [7, 11) is 1.85. The Bertz CT molecular complexity index is 578. The highest BCUT2D eigenvalue weighted by Crippen LogP contribution is 2.23. The lowest BCUT2D eigenvalue weighted by atomic mass is 10.2. The van der Waals surface area contributed by atoms with Gasteiger partial charge in [-0.05, 0) is 37.6 Å². The Morgan fingerprint density at radius 3 is 2.67 bits per heavy atom. The third-order valence-electron chi connectivity index (χ3n) is 2.90. The molecule has 96 valence electrons. The molecule has 3 nitrogen and oxygen atoms in total. The van der Waals surface area contributed by atoms with Crippen LogP contribution in [0.5, 0.6) is 0 Å². The minimum absolute atomic E-state index is 0.680. The molecule has 0 saturated carbocycles. The van der Waals surface area contributed by atoms with E-state index in [1.165, 1.54) is 5.56 Å². The van der Waals surface area contributed by atoms with E-state index in [4.69, 9.17) is 11.6 Å². The summed E-state index contributed by atoms with van der Waals surface area (Å²) in [5, 5.41) is 8.35. The second-order valence-electron chi connectivity index (χ2n) is 4.30. The molecule has 0 unspecified atom stereocenters. The van der Waals surface area contributed by atoms with Gasteiger partial charge in [-0.2, -0.15) is 5.10 Å². The monoisotopic (exact) mass is 327 g/mol. The van der Waals surface area contributed by atoms with Gasteiger partial charge in [0.15, 0.2) is 0 Å². The molecule has 0 aliphatic heterocycles. The molecule has 1 N–H and O–H groups in total. The van der Waals surface area contributed by atoms with Gasteiger partial charge < -0.3 is 5.32 Å². The van der Waals surface area contributed by atoms with E-state index in [2.05, 4.69) is 39.3 Å². The first-order valence-corrected chi connectivity index (χ1v) is 6.84. The number of hydrogen-bond acceptors (Lipinski definition) is 2. The van der Waals surface area contributed by atoms with Crippen LogP contribution in [-0.4, -0.2) is 9.78 Å². The van der Waals surface area contributed by atoms with Crippen LogP contribution in [0.4, 0.5) is 5.69 Å². The smallest absolute Gasteiger partial charge is 0.131 e. The first kappa shape index (κ1) is 13.4. The van der Waals surface area contributed by atoms with Gasteiger partial charge >= 0.3 is 0 Å². The Morgan fingerprint density at radius 2 is 2.11 bits per heavy atom. The number of nitrogens with zero attached hydrogens (tertiary/aromatic N) is 2. The van der Waals surface area contributed by atoms with Gasteiger partial charge in [0.05, 0.1) is 5.69 Å². The second kappa shape index (κ2) is 5.33. The average molecular weight is 329 g/mol. The zero-order chi connectivity index (χ0) is 13.3. The van der Waals surface area contributed by atoms with E-state index in [0.29, 0.717) is 11.7 Å². The van der Waals surface area contributed by atoms with Crippen molar-refractivity contribution in [3.8, 4) is 0 Å². The van der Waals surface area contributed by atoms with Crippen molar-refractivity contribution in [1.82, 2.24) is 9.78 Å². The second-order valence-corrected chi connectivity index (χ2v) is 5.51. The summed E-state index contributed by atoms with van der Waals surface area (Å²) in [5.74, 6) is 0. The standard InChI is InChI=1S/C13H15BrClN3/c1-8-6-10(4-5-12(8)14)16-7-11-9(2)17-18(3)13(11)15/h4-6,16H,7H2,1-3H3. The Morgan fingerprint density at radius 1 is 1.39 bits per heavy atom. The van der Waals surface area contributed by atoms with Crippen LogP contribution in [0.3, 0.4) is 0 Å². The van der Waals surface area contributed by atoms with Crippen LogP contribution in [0.25, 0.3) is 0 Å². The van der Waals surface area contributed by atoms with Gasteiger partial charge in [-0.3, -0.25) is 4.68 Å². The number of rotatable bonds is 3. The third-order valence-corrected chi connectivity index (χ3v) is 4.26. The van der Waals surface area contributed by atoms with Gasteiger partial charge in [0.25, 0.3) is 0 Å². The number of anilines is 1. The van der Waals surface area contributed by atoms with Gasteiger partial charge in [0, 0.05) is 29.3 Å². The summed E-state index contributed by atoms with van der Waals surface area (Å²) < 4.78 is 2.81. The van der Waals surface area contributed by atoms with E-state index in [9.17, 15) is 0 Å². The molecular formula is C13H15BrClN3. The van der Waals surface area contributed by atoms with E-state index >= 15 is 0 Å². The van der Waals surface area contributed by atoms with E-state index < -0.39 is 0 Å². The first-order valence-electron chi connectivity index (χ1n) is 5.67. The van der Waals surface area contributed by atoms with Gasteiger partial charge in [-0.25, -0.2) is 0 Å². The summed E-state index contributed by atoms with van der Waals surface area (Å²) in [6.45, 7) is 4.72. The largest absolute Gasteiger partial charge is 0.381 e. The Balaban J connectivity index is 2.14. The lowest BCUT2D eigenvalue weighted by Crippen LogP contribution is -2.01. The van der Waals surface area contributed by atoms with E-state index in [0.717, 1.165) is 21.4 Å². The van der Waals surface area contributed by atoms with Crippen LogP contribution in [0.2, 0.25) is 5.15 Å². The van der Waals surface area contributed by atoms with Crippen molar-refractivity contribution >= 4 is 33.2 Å². The fraction of sp³-hybridized carbons (Fsp3) is 0.308. The SMILES string of the molecule is Cc1cc(NCc2c(C)nn(C)c2Cl)ccc1Br. The molecular weight excluding hydrogens is 314 g/mol. The van der Waals surface area contributed by atoms with Crippen molar-refractivity contribution in [3.63, 3.8) is 0 Å². The predicted molar refractivity (Wildman–Crippen MR) is 79.2 cm³/mol. The number of hydrogen-bond donors (Lipinski definition) is 1. The topological polar surface area (TPSA) is 29.9 Å². The van der Waals surface area contributed by atoms with Crippen LogP contribution in [0, 0.1) is 13.8 Å². The summed E-state index contributed by atoms with van der Waals surface area (Å²) >= 11 is 9.68. The van der Waals surface area contributed by atoms with Crippen LogP contribution < -0.4 is 5.32 Å². The lowest BCUT2D eigenvalue weighted by Gasteiger charge is -2.08. The van der Waals surface area contributed by atoms with Crippen LogP contribution in [-0.2, 0) is 13.6 Å². The molecule has 2 aromatic rings. The maximum Gasteiger partial charge on any atom is 0.131 e. The average Bonchev–Trinajstić information content (AvgIpc) is 2.56. The molecule has 0 saturated heterocycles. The van der Waals surface area contributed by atoms with Crippen LogP contribution in [0.15, 0.2) is 22.7 Å². The molecule has 1 aromatic carbocycles. The van der Waals surface area contributed by atoms with Gasteiger partial charge in [-0.1, -0.05) is 27.5 Å². The van der Waals surface area contributed by atoms with Gasteiger partial charge in [-0.15, -0.1) is 0 Å². The summed E-state index contributed by atoms with van der Waals surface area (Å²) in [5.41, 5.74) is 4.28. The number of aryl methyl sites for hydroxylation is 3. The highest BCUT2D eigenvalue weighted by Gasteiger charge is 2.10. The van der Waals surface area contributed by atoms with Gasteiger partial charge in [0.1, 0.15) is 5.15 Å². The summed E-state index contributed by atoms with van der Waals surface area (Å²) in [4.78, 5) is 0. The lowest BCUT2D eigenvalue weighted by molar-refractivity contribution is 0.757. The molecule has 0 aliphatic rings. The van der Waals surface area contributed by atoms with Crippen LogP contribution >= 0.6 is 27.5 Å². The molecule has 0 radical (unpaired) electrons. The molecule has 0 fully saturated rings. The highest BCUT2D eigenvalue weighted by molar-refractivity contribution is 9.10. The number of aromatic nitrogens is 2. The molecule has 18 heavy (non-hydrogen) atoms. The fourth-order valence-electron chi connectivity index (χ4n) is 1.82. The third kappa shape index (κ3) is 2.70. The zero-order valence-electron chi connectivity index (χ0n) is 10.6. The van der Waals surface area contributed by atoms with E-state index in [-0.39, 0.29) is 0 Å². The molecule has 1 heterocycles. The molecule has 2 rings (SSSR count). The summed E-state index contributed by atoms with van der Waals surface area (Å²) in [6.07, 6.45) is 0.